The first-order chi connectivity index (χ1) is 8.66. The second-order valence-corrected chi connectivity index (χ2v) is 5.08. The largest absolute Gasteiger partial charge is 0.338 e. The molecule has 0 amide bonds. The summed E-state index contributed by atoms with van der Waals surface area (Å²) in [5.74, 6) is 0.129. The van der Waals surface area contributed by atoms with Crippen LogP contribution in [0.5, 0.6) is 0 Å². The molecule has 2 aromatic carbocycles. The Labute approximate surface area is 116 Å². The van der Waals surface area contributed by atoms with Gasteiger partial charge in [-0.3, -0.25) is 0 Å². The molecule has 90 valence electrons. The van der Waals surface area contributed by atoms with Crippen LogP contribution in [0.2, 0.25) is 5.02 Å². The third-order valence-corrected chi connectivity index (χ3v) is 3.59. The molecular weight excluding hydrogens is 319 g/mol. The van der Waals surface area contributed by atoms with E-state index in [1.807, 2.05) is 12.1 Å². The summed E-state index contributed by atoms with van der Waals surface area (Å²) in [6.45, 7) is 0. The van der Waals surface area contributed by atoms with Crippen molar-refractivity contribution in [2.45, 2.75) is 0 Å². The molecular formula is C13H7BrClFN2. The lowest BCUT2D eigenvalue weighted by Gasteiger charge is -2.00. The predicted octanol–water partition coefficient (Wildman–Crippen LogP) is 4.78. The first kappa shape index (κ1) is 11.7. The molecule has 0 unspecified atom stereocenters. The van der Waals surface area contributed by atoms with Crippen molar-refractivity contribution in [3.05, 3.63) is 51.7 Å². The summed E-state index contributed by atoms with van der Waals surface area (Å²) in [5.41, 5.74) is 1.85. The van der Waals surface area contributed by atoms with E-state index in [-0.39, 0.29) is 5.82 Å². The zero-order valence-corrected chi connectivity index (χ0v) is 11.4. The van der Waals surface area contributed by atoms with Crippen LogP contribution < -0.4 is 0 Å². The number of para-hydroxylation sites is 1. The molecule has 0 aliphatic heterocycles. The quantitative estimate of drug-likeness (QED) is 0.685. The Morgan fingerprint density at radius 3 is 2.72 bits per heavy atom. The van der Waals surface area contributed by atoms with Gasteiger partial charge >= 0.3 is 0 Å². The van der Waals surface area contributed by atoms with E-state index in [2.05, 4.69) is 25.9 Å². The number of rotatable bonds is 1. The summed E-state index contributed by atoms with van der Waals surface area (Å²) in [6.07, 6.45) is 0. The van der Waals surface area contributed by atoms with Crippen LogP contribution in [-0.2, 0) is 0 Å². The van der Waals surface area contributed by atoms with Crippen molar-refractivity contribution in [3.63, 3.8) is 0 Å². The van der Waals surface area contributed by atoms with E-state index in [4.69, 9.17) is 11.6 Å². The molecule has 0 radical (unpaired) electrons. The van der Waals surface area contributed by atoms with Crippen molar-refractivity contribution in [3.8, 4) is 11.4 Å². The molecule has 3 aromatic rings. The summed E-state index contributed by atoms with van der Waals surface area (Å²) >= 11 is 9.20. The third-order valence-electron chi connectivity index (χ3n) is 2.67. The minimum Gasteiger partial charge on any atom is -0.338 e. The zero-order valence-electron chi connectivity index (χ0n) is 9.05. The number of aromatic amines is 1. The molecule has 1 N–H and O–H groups in total. The van der Waals surface area contributed by atoms with Crippen LogP contribution in [0.25, 0.3) is 22.4 Å². The Balaban J connectivity index is 2.26. The first-order valence-electron chi connectivity index (χ1n) is 5.25. The molecule has 1 aromatic heterocycles. The number of H-pyrrole nitrogens is 1. The number of imidazole rings is 1. The smallest absolute Gasteiger partial charge is 0.148 e. The molecule has 3 rings (SSSR count). The van der Waals surface area contributed by atoms with Crippen LogP contribution in [0.15, 0.2) is 40.9 Å². The average molecular weight is 326 g/mol. The maximum atomic E-state index is 14.0. The van der Waals surface area contributed by atoms with Gasteiger partial charge in [-0.05, 0) is 40.2 Å². The Hall–Kier alpha value is -1.39. The second kappa shape index (κ2) is 4.37. The first-order valence-corrected chi connectivity index (χ1v) is 6.42. The highest BCUT2D eigenvalue weighted by Gasteiger charge is 2.13. The summed E-state index contributed by atoms with van der Waals surface area (Å²) in [6, 6.07) is 10.5. The number of hydrogen-bond acceptors (Lipinski definition) is 1. The van der Waals surface area contributed by atoms with Gasteiger partial charge in [-0.15, -0.1) is 0 Å². The van der Waals surface area contributed by atoms with Crippen molar-refractivity contribution < 1.29 is 4.39 Å². The topological polar surface area (TPSA) is 28.7 Å². The predicted molar refractivity (Wildman–Crippen MR) is 74.2 cm³/mol. The number of nitrogens with zero attached hydrogens (tertiary/aromatic N) is 1. The number of nitrogens with one attached hydrogen (secondary N) is 1. The molecule has 0 spiro atoms. The number of fused-ring (bicyclic) bond motifs is 1. The summed E-state index contributed by atoms with van der Waals surface area (Å²) in [4.78, 5) is 7.40. The van der Waals surface area contributed by atoms with Crippen LogP contribution in [0, 0.1) is 5.82 Å². The second-order valence-electron chi connectivity index (χ2n) is 3.82. The lowest BCUT2D eigenvalue weighted by atomic mass is 10.2. The van der Waals surface area contributed by atoms with Gasteiger partial charge in [-0.2, -0.15) is 0 Å². The number of hydrogen-bond donors (Lipinski definition) is 1. The normalized spacial score (nSPS) is 11.1. The van der Waals surface area contributed by atoms with Crippen molar-refractivity contribution in [1.29, 1.82) is 0 Å². The van der Waals surface area contributed by atoms with Crippen molar-refractivity contribution in [2.75, 3.05) is 0 Å². The van der Waals surface area contributed by atoms with Gasteiger partial charge in [0.25, 0.3) is 0 Å². The van der Waals surface area contributed by atoms with Gasteiger partial charge in [0, 0.05) is 0 Å². The lowest BCUT2D eigenvalue weighted by Crippen LogP contribution is -1.87. The molecule has 2 nitrogen and oxygen atoms in total. The number of benzene rings is 2. The van der Waals surface area contributed by atoms with Crippen LogP contribution in [0.3, 0.4) is 0 Å². The molecule has 0 atom stereocenters. The van der Waals surface area contributed by atoms with Crippen molar-refractivity contribution in [1.82, 2.24) is 9.97 Å². The van der Waals surface area contributed by atoms with Crippen LogP contribution >= 0.6 is 27.5 Å². The molecule has 0 saturated heterocycles. The fraction of sp³-hybridized carbons (Fsp3) is 0. The van der Waals surface area contributed by atoms with E-state index >= 15 is 0 Å². The molecule has 0 bridgehead atoms. The molecule has 5 heteroatoms. The maximum absolute atomic E-state index is 14.0. The van der Waals surface area contributed by atoms with E-state index in [9.17, 15) is 4.39 Å². The third kappa shape index (κ3) is 1.82. The Morgan fingerprint density at radius 2 is 1.94 bits per heavy atom. The fourth-order valence-corrected chi connectivity index (χ4v) is 2.39. The molecule has 1 heterocycles. The van der Waals surface area contributed by atoms with Gasteiger partial charge in [-0.25, -0.2) is 9.37 Å². The highest BCUT2D eigenvalue weighted by Crippen LogP contribution is 2.29. The molecule has 0 aliphatic carbocycles. The van der Waals surface area contributed by atoms with E-state index in [0.29, 0.717) is 26.4 Å². The minimum absolute atomic E-state index is 0.340. The van der Waals surface area contributed by atoms with E-state index in [1.54, 1.807) is 24.3 Å². The Morgan fingerprint density at radius 1 is 1.17 bits per heavy atom. The van der Waals surface area contributed by atoms with Crippen molar-refractivity contribution >= 4 is 38.6 Å². The van der Waals surface area contributed by atoms with Gasteiger partial charge in [0.1, 0.15) is 17.2 Å². The van der Waals surface area contributed by atoms with Gasteiger partial charge < -0.3 is 4.98 Å². The SMILES string of the molecule is Fc1c(Br)cccc1-c1nc2c(Cl)cccc2[nH]1. The lowest BCUT2D eigenvalue weighted by molar-refractivity contribution is 0.623. The monoisotopic (exact) mass is 324 g/mol. The van der Waals surface area contributed by atoms with Crippen molar-refractivity contribution in [2.24, 2.45) is 0 Å². The number of aromatic nitrogens is 2. The number of halogens is 3. The standard InChI is InChI=1S/C13H7BrClFN2/c14-8-4-1-3-7(11(8)16)13-17-10-6-2-5-9(15)12(10)18-13/h1-6H,(H,17,18). The zero-order chi connectivity index (χ0) is 12.7. The van der Waals surface area contributed by atoms with Gasteiger partial charge in [0.05, 0.1) is 20.6 Å². The summed E-state index contributed by atoms with van der Waals surface area (Å²) < 4.78 is 14.4. The Bertz CT molecular complexity index is 739. The van der Waals surface area contributed by atoms with Gasteiger partial charge in [0.15, 0.2) is 0 Å². The fourth-order valence-electron chi connectivity index (χ4n) is 1.81. The summed E-state index contributed by atoms with van der Waals surface area (Å²) in [7, 11) is 0. The summed E-state index contributed by atoms with van der Waals surface area (Å²) in [5, 5.41) is 0.547. The minimum atomic E-state index is -0.340. The maximum Gasteiger partial charge on any atom is 0.148 e. The van der Waals surface area contributed by atoms with Gasteiger partial charge in [-0.1, -0.05) is 23.7 Å². The average Bonchev–Trinajstić information content (AvgIpc) is 2.78. The van der Waals surface area contributed by atoms with Crippen LogP contribution in [-0.4, -0.2) is 9.97 Å². The van der Waals surface area contributed by atoms with E-state index in [0.717, 1.165) is 5.52 Å². The molecule has 18 heavy (non-hydrogen) atoms. The van der Waals surface area contributed by atoms with Crippen LogP contribution in [0.1, 0.15) is 0 Å². The van der Waals surface area contributed by atoms with Crippen LogP contribution in [0.4, 0.5) is 4.39 Å². The molecule has 0 saturated carbocycles. The highest BCUT2D eigenvalue weighted by atomic mass is 79.9. The Kier molecular flexibility index (Phi) is 2.84. The highest BCUT2D eigenvalue weighted by molar-refractivity contribution is 9.10. The molecule has 0 fully saturated rings. The van der Waals surface area contributed by atoms with E-state index < -0.39 is 0 Å². The molecule has 0 aliphatic rings. The van der Waals surface area contributed by atoms with E-state index in [1.165, 1.54) is 0 Å². The van der Waals surface area contributed by atoms with Gasteiger partial charge in [0.2, 0.25) is 0 Å².